The quantitative estimate of drug-likeness (QED) is 0.337. The van der Waals surface area contributed by atoms with E-state index in [1.807, 2.05) is 39.0 Å². The van der Waals surface area contributed by atoms with Crippen LogP contribution in [0.1, 0.15) is 57.0 Å². The molecule has 1 aromatic rings. The van der Waals surface area contributed by atoms with E-state index in [0.29, 0.717) is 5.56 Å². The maximum absolute atomic E-state index is 10.4. The van der Waals surface area contributed by atoms with Crippen molar-refractivity contribution in [1.29, 1.82) is 0 Å². The van der Waals surface area contributed by atoms with E-state index >= 15 is 0 Å². The summed E-state index contributed by atoms with van der Waals surface area (Å²) >= 11 is 0. The van der Waals surface area contributed by atoms with Crippen LogP contribution in [0.4, 0.5) is 0 Å². The molecule has 0 atom stereocenters. The highest BCUT2D eigenvalue weighted by Gasteiger charge is 1.95. The third-order valence-corrected chi connectivity index (χ3v) is 1.91. The van der Waals surface area contributed by atoms with Gasteiger partial charge in [0.05, 0.1) is 0 Å². The molecule has 0 saturated carbocycles. The predicted octanol–water partition coefficient (Wildman–Crippen LogP) is 6.89. The van der Waals surface area contributed by atoms with Gasteiger partial charge in [-0.2, -0.15) is 0 Å². The average Bonchev–Trinajstić information content (AvgIpc) is 2.51. The molecule has 0 amide bonds. The molecular formula is C21H32O. The summed E-state index contributed by atoms with van der Waals surface area (Å²) in [5, 5.41) is 0. The summed E-state index contributed by atoms with van der Waals surface area (Å²) < 4.78 is 0. The van der Waals surface area contributed by atoms with E-state index in [4.69, 9.17) is 0 Å². The van der Waals surface area contributed by atoms with Crippen LogP contribution in [-0.2, 0) is 0 Å². The van der Waals surface area contributed by atoms with Crippen LogP contribution >= 0.6 is 0 Å². The van der Waals surface area contributed by atoms with Crippen molar-refractivity contribution in [3.63, 3.8) is 0 Å². The molecule has 0 spiro atoms. The Labute approximate surface area is 137 Å². The first-order valence-electron chi connectivity index (χ1n) is 7.54. The van der Waals surface area contributed by atoms with Crippen molar-refractivity contribution >= 4 is 11.9 Å². The number of allylic oxidation sites excluding steroid dienone is 5. The fourth-order valence-electron chi connectivity index (χ4n) is 1.16. The van der Waals surface area contributed by atoms with Crippen LogP contribution in [0.15, 0.2) is 68.3 Å². The molecule has 0 heterocycles. The first-order valence-corrected chi connectivity index (χ1v) is 7.54. The maximum Gasteiger partial charge on any atom is 0.150 e. The highest BCUT2D eigenvalue weighted by molar-refractivity contribution is 5.78. The molecule has 0 radical (unpaired) electrons. The van der Waals surface area contributed by atoms with Crippen molar-refractivity contribution in [2.45, 2.75) is 41.0 Å². The Hall–Kier alpha value is -2.15. The number of benzene rings is 1. The molecule has 0 bridgehead atoms. The van der Waals surface area contributed by atoms with E-state index in [2.05, 4.69) is 33.6 Å². The van der Waals surface area contributed by atoms with E-state index in [9.17, 15) is 4.79 Å². The SMILES string of the molecule is C=C/C(=C\C)c1ccc(C=O)cc1.C=CC.C=CC.CCC. The first kappa shape index (κ1) is 24.8. The predicted molar refractivity (Wildman–Crippen MR) is 103 cm³/mol. The van der Waals surface area contributed by atoms with Gasteiger partial charge < -0.3 is 0 Å². The third-order valence-electron chi connectivity index (χ3n) is 1.91. The van der Waals surface area contributed by atoms with Crippen LogP contribution in [0.3, 0.4) is 0 Å². The minimum absolute atomic E-state index is 0.697. The molecule has 0 N–H and O–H groups in total. The lowest BCUT2D eigenvalue weighted by atomic mass is 10.0. The molecule has 22 heavy (non-hydrogen) atoms. The van der Waals surface area contributed by atoms with Crippen LogP contribution in [0.25, 0.3) is 5.57 Å². The molecule has 122 valence electrons. The highest BCUT2D eigenvalue weighted by Crippen LogP contribution is 2.15. The molecule has 1 aromatic carbocycles. The van der Waals surface area contributed by atoms with Crippen LogP contribution in [0, 0.1) is 0 Å². The zero-order valence-electron chi connectivity index (χ0n) is 14.9. The van der Waals surface area contributed by atoms with Crippen LogP contribution in [-0.4, -0.2) is 6.29 Å². The Morgan fingerprint density at radius 2 is 1.32 bits per heavy atom. The monoisotopic (exact) mass is 300 g/mol. The number of hydrogen-bond donors (Lipinski definition) is 0. The molecular weight excluding hydrogens is 268 g/mol. The normalized spacial score (nSPS) is 8.50. The second-order valence-electron chi connectivity index (χ2n) is 4.21. The molecule has 0 aliphatic rings. The van der Waals surface area contributed by atoms with Crippen molar-refractivity contribution in [2.75, 3.05) is 0 Å². The van der Waals surface area contributed by atoms with Gasteiger partial charge in [-0.3, -0.25) is 4.79 Å². The molecule has 1 nitrogen and oxygen atoms in total. The van der Waals surface area contributed by atoms with Gasteiger partial charge in [-0.05, 0) is 31.9 Å². The average molecular weight is 300 g/mol. The van der Waals surface area contributed by atoms with Gasteiger partial charge in [-0.15, -0.1) is 13.2 Å². The van der Waals surface area contributed by atoms with Gasteiger partial charge in [0.2, 0.25) is 0 Å². The molecule has 0 aliphatic heterocycles. The Balaban J connectivity index is -0.000000334. The fraction of sp³-hybridized carbons (Fsp3) is 0.286. The van der Waals surface area contributed by atoms with Gasteiger partial charge >= 0.3 is 0 Å². The number of carbonyl (C=O) groups excluding carboxylic acids is 1. The second kappa shape index (κ2) is 21.2. The Morgan fingerprint density at radius 1 is 0.955 bits per heavy atom. The summed E-state index contributed by atoms with van der Waals surface area (Å²) in [5.74, 6) is 0. The lowest BCUT2D eigenvalue weighted by molar-refractivity contribution is 0.112. The van der Waals surface area contributed by atoms with Crippen molar-refractivity contribution in [2.24, 2.45) is 0 Å². The Bertz CT molecular complexity index is 416. The van der Waals surface area contributed by atoms with Gasteiger partial charge in [-0.25, -0.2) is 0 Å². The molecule has 0 unspecified atom stereocenters. The Morgan fingerprint density at radius 3 is 1.55 bits per heavy atom. The minimum atomic E-state index is 0.697. The van der Waals surface area contributed by atoms with E-state index in [1.165, 1.54) is 6.42 Å². The van der Waals surface area contributed by atoms with Crippen molar-refractivity contribution in [1.82, 2.24) is 0 Å². The standard InChI is InChI=1S/C12H12O.C3H8.2C3H6/c1-3-11(4-2)12-7-5-10(9-13)6-8-12;3*1-3-2/h3-9H,1H2,2H3;3H2,1-2H3;2*3H,1H2,2H3/b11-4+;;;. The fourth-order valence-corrected chi connectivity index (χ4v) is 1.16. The first-order chi connectivity index (χ1) is 10.6. The van der Waals surface area contributed by atoms with Gasteiger partial charge in [0.15, 0.2) is 0 Å². The van der Waals surface area contributed by atoms with Crippen molar-refractivity contribution in [3.8, 4) is 0 Å². The zero-order chi connectivity index (χ0) is 17.8. The molecule has 0 aromatic heterocycles. The van der Waals surface area contributed by atoms with E-state index in [0.717, 1.165) is 17.4 Å². The Kier molecular flexibility index (Phi) is 23.9. The van der Waals surface area contributed by atoms with Gasteiger partial charge in [-0.1, -0.05) is 75.4 Å². The molecule has 1 rings (SSSR count). The highest BCUT2D eigenvalue weighted by atomic mass is 16.1. The lowest BCUT2D eigenvalue weighted by Crippen LogP contribution is -1.82. The topological polar surface area (TPSA) is 17.1 Å². The second-order valence-corrected chi connectivity index (χ2v) is 4.21. The number of rotatable bonds is 3. The van der Waals surface area contributed by atoms with Gasteiger partial charge in [0.25, 0.3) is 0 Å². The summed E-state index contributed by atoms with van der Waals surface area (Å²) in [7, 11) is 0. The number of carbonyl (C=O) groups is 1. The summed E-state index contributed by atoms with van der Waals surface area (Å²) in [5.41, 5.74) is 2.86. The summed E-state index contributed by atoms with van der Waals surface area (Å²) in [4.78, 5) is 10.4. The van der Waals surface area contributed by atoms with Gasteiger partial charge in [0.1, 0.15) is 6.29 Å². The summed E-state index contributed by atoms with van der Waals surface area (Å²) in [6.07, 6.45) is 9.38. The third kappa shape index (κ3) is 15.9. The van der Waals surface area contributed by atoms with Crippen molar-refractivity contribution in [3.05, 3.63) is 79.4 Å². The molecule has 1 heteroatoms. The lowest BCUT2D eigenvalue weighted by Gasteiger charge is -2.00. The zero-order valence-corrected chi connectivity index (χ0v) is 14.9. The molecule has 0 fully saturated rings. The van der Waals surface area contributed by atoms with E-state index < -0.39 is 0 Å². The van der Waals surface area contributed by atoms with Crippen molar-refractivity contribution < 1.29 is 4.79 Å². The van der Waals surface area contributed by atoms with Crippen LogP contribution in [0.2, 0.25) is 0 Å². The molecule has 0 saturated heterocycles. The van der Waals surface area contributed by atoms with Crippen LogP contribution in [0.5, 0.6) is 0 Å². The summed E-state index contributed by atoms with van der Waals surface area (Å²) in [6, 6.07) is 7.44. The number of hydrogen-bond acceptors (Lipinski definition) is 1. The number of aldehydes is 1. The molecule has 0 aliphatic carbocycles. The van der Waals surface area contributed by atoms with E-state index in [1.54, 1.807) is 30.4 Å². The largest absolute Gasteiger partial charge is 0.298 e. The summed E-state index contributed by atoms with van der Waals surface area (Å²) in [6.45, 7) is 20.4. The van der Waals surface area contributed by atoms with Crippen LogP contribution < -0.4 is 0 Å². The minimum Gasteiger partial charge on any atom is -0.298 e. The smallest absolute Gasteiger partial charge is 0.150 e. The maximum atomic E-state index is 10.4. The van der Waals surface area contributed by atoms with Gasteiger partial charge in [0, 0.05) is 5.56 Å². The van der Waals surface area contributed by atoms with E-state index in [-0.39, 0.29) is 0 Å².